The van der Waals surface area contributed by atoms with Crippen molar-refractivity contribution in [3.8, 4) is 11.5 Å². The number of thiocarbonyl (C=S) groups is 1. The Morgan fingerprint density at radius 2 is 1.88 bits per heavy atom. The summed E-state index contributed by atoms with van der Waals surface area (Å²) < 4.78 is 6.77. The van der Waals surface area contributed by atoms with E-state index in [1.54, 1.807) is 18.2 Å². The molecule has 0 spiro atoms. The van der Waals surface area contributed by atoms with Crippen LogP contribution in [0.3, 0.4) is 0 Å². The molecular weight excluding hydrogens is 509 g/mol. The zero-order valence-corrected chi connectivity index (χ0v) is 21.2. The first-order valence-electron chi connectivity index (χ1n) is 10.3. The Balaban J connectivity index is 1.33. The van der Waals surface area contributed by atoms with Crippen LogP contribution < -0.4 is 10.6 Å². The van der Waals surface area contributed by atoms with Crippen molar-refractivity contribution in [3.05, 3.63) is 80.6 Å². The highest BCUT2D eigenvalue weighted by Gasteiger charge is 2.19. The molecule has 0 fully saturated rings. The number of thiophene rings is 1. The van der Waals surface area contributed by atoms with Crippen LogP contribution in [0.15, 0.2) is 59.0 Å². The number of hydrogen-bond acceptors (Lipinski definition) is 5. The van der Waals surface area contributed by atoms with E-state index in [1.807, 2.05) is 44.2 Å². The van der Waals surface area contributed by atoms with E-state index in [0.29, 0.717) is 37.6 Å². The lowest BCUT2D eigenvalue weighted by Crippen LogP contribution is -2.33. The van der Waals surface area contributed by atoms with Crippen molar-refractivity contribution in [2.24, 2.45) is 0 Å². The highest BCUT2D eigenvalue weighted by atomic mass is 35.5. The predicted octanol–water partition coefficient (Wildman–Crippen LogP) is 7.76. The van der Waals surface area contributed by atoms with Crippen molar-refractivity contribution in [3.63, 3.8) is 0 Å². The predicted molar refractivity (Wildman–Crippen MR) is 144 cm³/mol. The molecule has 2 aromatic heterocycles. The smallest absolute Gasteiger partial charge is 0.269 e. The zero-order chi connectivity index (χ0) is 24.0. The quantitative estimate of drug-likeness (QED) is 0.235. The number of hydrogen-bond donors (Lipinski definition) is 2. The van der Waals surface area contributed by atoms with Crippen molar-refractivity contribution in [1.82, 2.24) is 10.3 Å². The molecule has 0 atom stereocenters. The maximum Gasteiger partial charge on any atom is 0.269 e. The fourth-order valence-electron chi connectivity index (χ4n) is 3.68. The number of oxazole rings is 1. The molecule has 5 rings (SSSR count). The van der Waals surface area contributed by atoms with E-state index in [2.05, 4.69) is 21.7 Å². The van der Waals surface area contributed by atoms with Crippen LogP contribution in [-0.4, -0.2) is 16.0 Å². The van der Waals surface area contributed by atoms with Crippen molar-refractivity contribution < 1.29 is 9.21 Å². The molecule has 5 aromatic rings. The van der Waals surface area contributed by atoms with Gasteiger partial charge in [-0.1, -0.05) is 47.0 Å². The van der Waals surface area contributed by atoms with Gasteiger partial charge in [0.05, 0.1) is 5.02 Å². The Hall–Kier alpha value is -2.97. The number of halogens is 2. The molecule has 0 aliphatic rings. The van der Waals surface area contributed by atoms with Gasteiger partial charge in [0.2, 0.25) is 5.89 Å². The lowest BCUT2D eigenvalue weighted by Gasteiger charge is -2.08. The standard InChI is InChI=1S/C25H17Cl2N3O2S2/c1-12-3-6-16(13(2)9-12)24-29-18-11-15(5-8-19(18)32-24)28-25(33)30-23(31)22-21(27)17-7-4-14(26)10-20(17)34-22/h3-11H,1-2H3,(H2,28,30,31,33). The molecule has 9 heteroatoms. The van der Waals surface area contributed by atoms with Crippen LogP contribution in [-0.2, 0) is 0 Å². The second-order valence-corrected chi connectivity index (χ2v) is 10.1. The minimum Gasteiger partial charge on any atom is -0.436 e. The molecule has 0 radical (unpaired) electrons. The molecule has 0 saturated heterocycles. The van der Waals surface area contributed by atoms with E-state index in [-0.39, 0.29) is 11.0 Å². The van der Waals surface area contributed by atoms with E-state index >= 15 is 0 Å². The summed E-state index contributed by atoms with van der Waals surface area (Å²) in [6.45, 7) is 4.08. The maximum absolute atomic E-state index is 12.8. The molecule has 0 bridgehead atoms. The number of anilines is 1. The van der Waals surface area contributed by atoms with Gasteiger partial charge in [0, 0.05) is 26.4 Å². The maximum atomic E-state index is 12.8. The number of fused-ring (bicyclic) bond motifs is 2. The first kappa shape index (κ1) is 22.8. The van der Waals surface area contributed by atoms with Crippen LogP contribution in [0, 0.1) is 13.8 Å². The van der Waals surface area contributed by atoms with Crippen LogP contribution in [0.25, 0.3) is 32.6 Å². The number of nitrogens with zero attached hydrogens (tertiary/aromatic N) is 1. The van der Waals surface area contributed by atoms with Crippen LogP contribution >= 0.6 is 46.8 Å². The summed E-state index contributed by atoms with van der Waals surface area (Å²) in [4.78, 5) is 17.8. The van der Waals surface area contributed by atoms with Crippen molar-refractivity contribution in [2.45, 2.75) is 13.8 Å². The summed E-state index contributed by atoms with van der Waals surface area (Å²) in [6.07, 6.45) is 0. The number of aryl methyl sites for hydroxylation is 2. The summed E-state index contributed by atoms with van der Waals surface area (Å²) in [5.74, 6) is 0.166. The summed E-state index contributed by atoms with van der Waals surface area (Å²) in [5.41, 5.74) is 5.23. The molecule has 5 nitrogen and oxygen atoms in total. The van der Waals surface area contributed by atoms with Gasteiger partial charge in [-0.25, -0.2) is 4.98 Å². The fraction of sp³-hybridized carbons (Fsp3) is 0.0800. The number of aromatic nitrogens is 1. The average Bonchev–Trinajstić information content (AvgIpc) is 3.34. The molecule has 0 saturated carbocycles. The lowest BCUT2D eigenvalue weighted by molar-refractivity contribution is 0.0982. The Labute approximate surface area is 214 Å². The minimum absolute atomic E-state index is 0.147. The van der Waals surface area contributed by atoms with Gasteiger partial charge < -0.3 is 9.73 Å². The van der Waals surface area contributed by atoms with Crippen molar-refractivity contribution >= 4 is 84.6 Å². The molecule has 2 N–H and O–H groups in total. The summed E-state index contributed by atoms with van der Waals surface area (Å²) in [6, 6.07) is 16.9. The first-order chi connectivity index (χ1) is 16.3. The van der Waals surface area contributed by atoms with Crippen molar-refractivity contribution in [1.29, 1.82) is 0 Å². The van der Waals surface area contributed by atoms with Gasteiger partial charge in [-0.2, -0.15) is 0 Å². The van der Waals surface area contributed by atoms with Gasteiger partial charge in [-0.3, -0.25) is 10.1 Å². The summed E-state index contributed by atoms with van der Waals surface area (Å²) in [5, 5.41) is 7.59. The second-order valence-electron chi connectivity index (χ2n) is 7.81. The molecule has 1 amide bonds. The number of rotatable bonds is 3. The van der Waals surface area contributed by atoms with E-state index in [1.165, 1.54) is 16.9 Å². The van der Waals surface area contributed by atoms with E-state index < -0.39 is 0 Å². The summed E-state index contributed by atoms with van der Waals surface area (Å²) in [7, 11) is 0. The molecule has 0 aliphatic carbocycles. The van der Waals surface area contributed by atoms with Gasteiger partial charge >= 0.3 is 0 Å². The third-order valence-corrected chi connectivity index (χ3v) is 7.38. The average molecular weight is 526 g/mol. The van der Waals surface area contributed by atoms with E-state index in [9.17, 15) is 4.79 Å². The van der Waals surface area contributed by atoms with Gasteiger partial charge in [0.25, 0.3) is 5.91 Å². The number of nitrogens with one attached hydrogen (secondary N) is 2. The third-order valence-electron chi connectivity index (χ3n) is 5.28. The van der Waals surface area contributed by atoms with E-state index in [4.69, 9.17) is 39.8 Å². The van der Waals surface area contributed by atoms with Gasteiger partial charge in [0.15, 0.2) is 10.7 Å². The monoisotopic (exact) mass is 525 g/mol. The van der Waals surface area contributed by atoms with Crippen molar-refractivity contribution in [2.75, 3.05) is 5.32 Å². The minimum atomic E-state index is -0.389. The summed E-state index contributed by atoms with van der Waals surface area (Å²) >= 11 is 19.1. The number of amides is 1. The largest absolute Gasteiger partial charge is 0.436 e. The highest BCUT2D eigenvalue weighted by Crippen LogP contribution is 2.36. The molecule has 170 valence electrons. The van der Waals surface area contributed by atoms with Crippen LogP contribution in [0.5, 0.6) is 0 Å². The van der Waals surface area contributed by atoms with Gasteiger partial charge in [0.1, 0.15) is 10.4 Å². The van der Waals surface area contributed by atoms with Gasteiger partial charge in [-0.15, -0.1) is 11.3 Å². The molecule has 2 heterocycles. The molecule has 0 aliphatic heterocycles. The number of carbonyl (C=O) groups excluding carboxylic acids is 1. The van der Waals surface area contributed by atoms with Crippen LogP contribution in [0.4, 0.5) is 5.69 Å². The zero-order valence-electron chi connectivity index (χ0n) is 18.0. The number of carbonyl (C=O) groups is 1. The Kier molecular flexibility index (Phi) is 6.04. The molecule has 0 unspecified atom stereocenters. The fourth-order valence-corrected chi connectivity index (χ4v) is 5.58. The third kappa shape index (κ3) is 4.40. The molecular formula is C25H17Cl2N3O2S2. The topological polar surface area (TPSA) is 67.2 Å². The SMILES string of the molecule is Cc1ccc(-c2nc3cc(NC(=S)NC(=O)c4sc5cc(Cl)ccc5c4Cl)ccc3o2)c(C)c1. The van der Waals surface area contributed by atoms with Crippen LogP contribution in [0.1, 0.15) is 20.8 Å². The second kappa shape index (κ2) is 9.00. The molecule has 3 aromatic carbocycles. The Morgan fingerprint density at radius 1 is 1.06 bits per heavy atom. The van der Waals surface area contributed by atoms with Gasteiger partial charge in [-0.05, 0) is 68.0 Å². The van der Waals surface area contributed by atoms with E-state index in [0.717, 1.165) is 21.2 Å². The lowest BCUT2D eigenvalue weighted by atomic mass is 10.1. The normalized spacial score (nSPS) is 11.2. The Bertz CT molecular complexity index is 1610. The number of benzene rings is 3. The van der Waals surface area contributed by atoms with Crippen LogP contribution in [0.2, 0.25) is 10.0 Å². The Morgan fingerprint density at radius 3 is 2.68 bits per heavy atom. The highest BCUT2D eigenvalue weighted by molar-refractivity contribution is 7.80. The molecule has 34 heavy (non-hydrogen) atoms. The first-order valence-corrected chi connectivity index (χ1v) is 12.2.